The van der Waals surface area contributed by atoms with Crippen LogP contribution in [0.4, 0.5) is 0 Å². The first-order valence-electron chi connectivity index (χ1n) is 7.34. The summed E-state index contributed by atoms with van der Waals surface area (Å²) in [6.07, 6.45) is 3.29. The van der Waals surface area contributed by atoms with E-state index < -0.39 is 0 Å². The smallest absolute Gasteiger partial charge is 0.255 e. The third-order valence-corrected chi connectivity index (χ3v) is 4.64. The minimum Gasteiger partial charge on any atom is -0.338 e. The van der Waals surface area contributed by atoms with Gasteiger partial charge in [0.05, 0.1) is 5.56 Å². The van der Waals surface area contributed by atoms with E-state index in [0.29, 0.717) is 37.0 Å². The topological polar surface area (TPSA) is 59.2 Å². The summed E-state index contributed by atoms with van der Waals surface area (Å²) >= 11 is 3.36. The van der Waals surface area contributed by atoms with Gasteiger partial charge in [-0.2, -0.15) is 0 Å². The van der Waals surface area contributed by atoms with Crippen LogP contribution in [0.25, 0.3) is 0 Å². The van der Waals surface area contributed by atoms with E-state index in [-0.39, 0.29) is 5.91 Å². The number of aromatic nitrogens is 1. The van der Waals surface area contributed by atoms with Gasteiger partial charge in [-0.25, -0.2) is 0 Å². The number of nitrogens with two attached hydrogens (primary N) is 1. The lowest BCUT2D eigenvalue weighted by atomic mass is 9.89. The SMILES string of the molecule is NC[C@@H]1CN(C(=O)c2cncc(Br)c2)C[C@H]1c1ccccc1. The van der Waals surface area contributed by atoms with Crippen molar-refractivity contribution < 1.29 is 4.79 Å². The molecule has 0 spiro atoms. The molecule has 2 heterocycles. The molecule has 114 valence electrons. The number of pyridine rings is 1. The normalized spacial score (nSPS) is 21.1. The van der Waals surface area contributed by atoms with E-state index in [1.165, 1.54) is 5.56 Å². The third-order valence-electron chi connectivity index (χ3n) is 4.21. The Bertz CT molecular complexity index is 662. The van der Waals surface area contributed by atoms with Crippen molar-refractivity contribution in [2.24, 2.45) is 11.7 Å². The van der Waals surface area contributed by atoms with Crippen molar-refractivity contribution in [2.45, 2.75) is 5.92 Å². The molecule has 2 atom stereocenters. The molecule has 1 amide bonds. The Labute approximate surface area is 138 Å². The van der Waals surface area contributed by atoms with Gasteiger partial charge in [0.2, 0.25) is 0 Å². The van der Waals surface area contributed by atoms with Crippen LogP contribution in [0.3, 0.4) is 0 Å². The second-order valence-electron chi connectivity index (χ2n) is 5.61. The van der Waals surface area contributed by atoms with Crippen molar-refractivity contribution in [3.63, 3.8) is 0 Å². The number of nitrogens with zero attached hydrogens (tertiary/aromatic N) is 2. The Balaban J connectivity index is 1.81. The van der Waals surface area contributed by atoms with E-state index in [4.69, 9.17) is 5.73 Å². The van der Waals surface area contributed by atoms with Crippen LogP contribution in [-0.2, 0) is 0 Å². The van der Waals surface area contributed by atoms with Crippen LogP contribution in [-0.4, -0.2) is 35.4 Å². The van der Waals surface area contributed by atoms with E-state index >= 15 is 0 Å². The van der Waals surface area contributed by atoms with E-state index in [1.54, 1.807) is 12.4 Å². The van der Waals surface area contributed by atoms with Gasteiger partial charge in [-0.3, -0.25) is 9.78 Å². The number of benzene rings is 1. The molecule has 0 bridgehead atoms. The van der Waals surface area contributed by atoms with E-state index in [0.717, 1.165) is 4.47 Å². The quantitative estimate of drug-likeness (QED) is 0.916. The second-order valence-corrected chi connectivity index (χ2v) is 6.53. The fraction of sp³-hybridized carbons (Fsp3) is 0.294. The summed E-state index contributed by atoms with van der Waals surface area (Å²) in [6.45, 7) is 1.98. The summed E-state index contributed by atoms with van der Waals surface area (Å²) in [7, 11) is 0. The highest BCUT2D eigenvalue weighted by atomic mass is 79.9. The molecule has 2 N–H and O–H groups in total. The summed E-state index contributed by atoms with van der Waals surface area (Å²) < 4.78 is 0.813. The van der Waals surface area contributed by atoms with Gasteiger partial charge in [0.1, 0.15) is 0 Å². The number of likely N-dealkylation sites (tertiary alicyclic amines) is 1. The second kappa shape index (κ2) is 6.58. The Morgan fingerprint density at radius 3 is 2.73 bits per heavy atom. The molecule has 4 nitrogen and oxygen atoms in total. The molecular weight excluding hydrogens is 342 g/mol. The zero-order chi connectivity index (χ0) is 15.5. The maximum Gasteiger partial charge on any atom is 0.255 e. The zero-order valence-electron chi connectivity index (χ0n) is 12.2. The van der Waals surface area contributed by atoms with E-state index in [9.17, 15) is 4.79 Å². The lowest BCUT2D eigenvalue weighted by Crippen LogP contribution is -2.29. The molecule has 1 aromatic carbocycles. The Hall–Kier alpha value is -1.72. The summed E-state index contributed by atoms with van der Waals surface area (Å²) in [6, 6.07) is 12.1. The third kappa shape index (κ3) is 3.05. The molecule has 1 saturated heterocycles. The Morgan fingerprint density at radius 2 is 2.05 bits per heavy atom. The molecule has 0 aliphatic carbocycles. The molecule has 1 aromatic heterocycles. The molecule has 1 aliphatic rings. The van der Waals surface area contributed by atoms with Crippen LogP contribution in [0.5, 0.6) is 0 Å². The van der Waals surface area contributed by atoms with Gasteiger partial charge < -0.3 is 10.6 Å². The van der Waals surface area contributed by atoms with Gasteiger partial charge in [0, 0.05) is 35.9 Å². The van der Waals surface area contributed by atoms with Gasteiger partial charge in [-0.05, 0) is 40.0 Å². The maximum absolute atomic E-state index is 12.7. The first-order chi connectivity index (χ1) is 10.7. The van der Waals surface area contributed by atoms with Crippen molar-refractivity contribution in [3.05, 3.63) is 64.4 Å². The van der Waals surface area contributed by atoms with Crippen LogP contribution in [0, 0.1) is 5.92 Å². The zero-order valence-corrected chi connectivity index (χ0v) is 13.7. The fourth-order valence-corrected chi connectivity index (χ4v) is 3.43. The minimum absolute atomic E-state index is 0.0191. The van der Waals surface area contributed by atoms with Crippen molar-refractivity contribution in [1.29, 1.82) is 0 Å². The number of amides is 1. The first-order valence-corrected chi connectivity index (χ1v) is 8.13. The van der Waals surface area contributed by atoms with Crippen molar-refractivity contribution in [1.82, 2.24) is 9.88 Å². The largest absolute Gasteiger partial charge is 0.338 e. The van der Waals surface area contributed by atoms with Gasteiger partial charge >= 0.3 is 0 Å². The number of carbonyl (C=O) groups is 1. The number of carbonyl (C=O) groups excluding carboxylic acids is 1. The Morgan fingerprint density at radius 1 is 1.27 bits per heavy atom. The minimum atomic E-state index is 0.0191. The highest BCUT2D eigenvalue weighted by Crippen LogP contribution is 2.32. The van der Waals surface area contributed by atoms with Gasteiger partial charge in [0.15, 0.2) is 0 Å². The van der Waals surface area contributed by atoms with Gasteiger partial charge in [-0.1, -0.05) is 30.3 Å². The summed E-state index contributed by atoms with van der Waals surface area (Å²) in [5, 5.41) is 0. The Kier molecular flexibility index (Phi) is 4.55. The lowest BCUT2D eigenvalue weighted by molar-refractivity contribution is 0.0786. The predicted octanol–water partition coefficient (Wildman–Crippen LogP) is 2.66. The number of hydrogen-bond acceptors (Lipinski definition) is 3. The number of halogens is 1. The molecule has 1 fully saturated rings. The maximum atomic E-state index is 12.7. The standard InChI is InChI=1S/C17H18BrN3O/c18-15-6-13(8-20-9-15)17(22)21-10-14(7-19)16(11-21)12-4-2-1-3-5-12/h1-6,8-9,14,16H,7,10-11,19H2/t14-,16+/m1/s1. The van der Waals surface area contributed by atoms with Crippen LogP contribution >= 0.6 is 15.9 Å². The van der Waals surface area contributed by atoms with Crippen LogP contribution < -0.4 is 5.73 Å². The van der Waals surface area contributed by atoms with Gasteiger partial charge in [-0.15, -0.1) is 0 Å². The fourth-order valence-electron chi connectivity index (χ4n) is 3.07. The van der Waals surface area contributed by atoms with Crippen LogP contribution in [0.15, 0.2) is 53.3 Å². The van der Waals surface area contributed by atoms with Gasteiger partial charge in [0.25, 0.3) is 5.91 Å². The molecule has 2 aromatic rings. The summed E-state index contributed by atoms with van der Waals surface area (Å²) in [5.41, 5.74) is 7.79. The molecular formula is C17H18BrN3O. The van der Waals surface area contributed by atoms with Crippen LogP contribution in [0.2, 0.25) is 0 Å². The predicted molar refractivity (Wildman–Crippen MR) is 89.6 cm³/mol. The van der Waals surface area contributed by atoms with Crippen molar-refractivity contribution >= 4 is 21.8 Å². The monoisotopic (exact) mass is 359 g/mol. The highest BCUT2D eigenvalue weighted by molar-refractivity contribution is 9.10. The average Bonchev–Trinajstić information content (AvgIpc) is 2.99. The molecule has 3 rings (SSSR count). The van der Waals surface area contributed by atoms with Crippen LogP contribution in [0.1, 0.15) is 21.8 Å². The molecule has 22 heavy (non-hydrogen) atoms. The summed E-state index contributed by atoms with van der Waals surface area (Å²) in [4.78, 5) is 18.6. The van der Waals surface area contributed by atoms with E-state index in [1.807, 2.05) is 29.2 Å². The number of hydrogen-bond donors (Lipinski definition) is 1. The highest BCUT2D eigenvalue weighted by Gasteiger charge is 2.35. The molecule has 0 saturated carbocycles. The van der Waals surface area contributed by atoms with Crippen molar-refractivity contribution in [3.8, 4) is 0 Å². The molecule has 5 heteroatoms. The van der Waals surface area contributed by atoms with Crippen molar-refractivity contribution in [2.75, 3.05) is 19.6 Å². The lowest BCUT2D eigenvalue weighted by Gasteiger charge is -2.17. The average molecular weight is 360 g/mol. The molecule has 0 radical (unpaired) electrons. The summed E-state index contributed by atoms with van der Waals surface area (Å²) in [5.74, 6) is 0.618. The molecule has 0 unspecified atom stereocenters. The van der Waals surface area contributed by atoms with E-state index in [2.05, 4.69) is 33.0 Å². The number of rotatable bonds is 3. The first kappa shape index (κ1) is 15.2. The molecule has 1 aliphatic heterocycles.